The highest BCUT2D eigenvalue weighted by atomic mass is 127. The summed E-state index contributed by atoms with van der Waals surface area (Å²) in [4.78, 5) is 5.94. The summed E-state index contributed by atoms with van der Waals surface area (Å²) in [5.74, 6) is 0.709. The highest BCUT2D eigenvalue weighted by molar-refractivity contribution is 14.0. The fraction of sp³-hybridized carbons (Fsp3) is 0.450. The highest BCUT2D eigenvalue weighted by Crippen LogP contribution is 2.21. The fourth-order valence-corrected chi connectivity index (χ4v) is 5.53. The van der Waals surface area contributed by atoms with E-state index in [4.69, 9.17) is 0 Å². The lowest BCUT2D eigenvalue weighted by atomic mass is 10.2. The lowest BCUT2D eigenvalue weighted by Crippen LogP contribution is -2.38. The number of nitrogens with zero attached hydrogens (tertiary/aromatic N) is 2. The summed E-state index contributed by atoms with van der Waals surface area (Å²) in [6.07, 6.45) is 3.93. The summed E-state index contributed by atoms with van der Waals surface area (Å²) < 4.78 is 27.3. The lowest BCUT2D eigenvalue weighted by molar-refractivity contribution is 0.346. The molecule has 1 aliphatic heterocycles. The van der Waals surface area contributed by atoms with Gasteiger partial charge in [0.05, 0.1) is 4.90 Å². The average Bonchev–Trinajstić information content (AvgIpc) is 3.25. The maximum Gasteiger partial charge on any atom is 0.243 e. The van der Waals surface area contributed by atoms with Crippen molar-refractivity contribution < 1.29 is 8.42 Å². The zero-order valence-corrected chi connectivity index (χ0v) is 20.6. The number of sulfonamides is 1. The molecule has 1 aromatic carbocycles. The normalized spacial score (nSPS) is 15.6. The topological polar surface area (TPSA) is 73.8 Å². The molecule has 0 unspecified atom stereocenters. The van der Waals surface area contributed by atoms with Crippen molar-refractivity contribution in [2.24, 2.45) is 4.99 Å². The second kappa shape index (κ2) is 11.9. The van der Waals surface area contributed by atoms with Gasteiger partial charge < -0.3 is 10.6 Å². The first kappa shape index (κ1) is 24.1. The number of piperidine rings is 1. The van der Waals surface area contributed by atoms with Gasteiger partial charge in [0.2, 0.25) is 10.0 Å². The quantitative estimate of drug-likeness (QED) is 0.316. The van der Waals surface area contributed by atoms with E-state index in [1.54, 1.807) is 40.9 Å². The third kappa shape index (κ3) is 6.94. The van der Waals surface area contributed by atoms with Crippen molar-refractivity contribution in [3.63, 3.8) is 0 Å². The van der Waals surface area contributed by atoms with Gasteiger partial charge in [0.25, 0.3) is 0 Å². The van der Waals surface area contributed by atoms with Crippen LogP contribution in [0.15, 0.2) is 51.7 Å². The predicted octanol–water partition coefficient (Wildman–Crippen LogP) is 3.45. The van der Waals surface area contributed by atoms with Gasteiger partial charge in [0, 0.05) is 38.1 Å². The fourth-order valence-electron chi connectivity index (χ4n) is 3.24. The molecule has 0 spiro atoms. The molecule has 1 aromatic heterocycles. The van der Waals surface area contributed by atoms with E-state index in [1.165, 1.54) is 4.88 Å². The van der Waals surface area contributed by atoms with E-state index in [-0.39, 0.29) is 24.0 Å². The van der Waals surface area contributed by atoms with Gasteiger partial charge in [-0.05, 0) is 48.4 Å². The van der Waals surface area contributed by atoms with Crippen LogP contribution in [0.3, 0.4) is 0 Å². The number of guanidine groups is 1. The molecule has 2 aromatic rings. The van der Waals surface area contributed by atoms with Crippen LogP contribution < -0.4 is 10.6 Å². The van der Waals surface area contributed by atoms with Crippen LogP contribution in [0.25, 0.3) is 0 Å². The Labute approximate surface area is 194 Å². The molecule has 0 bridgehead atoms. The first-order valence-electron chi connectivity index (χ1n) is 9.65. The Balaban J connectivity index is 0.00000300. The summed E-state index contributed by atoms with van der Waals surface area (Å²) in [5, 5.41) is 8.63. The number of rotatable bonds is 7. The molecule has 2 N–H and O–H groups in total. The van der Waals surface area contributed by atoms with Crippen molar-refractivity contribution in [2.45, 2.75) is 37.1 Å². The van der Waals surface area contributed by atoms with Gasteiger partial charge >= 0.3 is 0 Å². The van der Waals surface area contributed by atoms with E-state index in [2.05, 4.69) is 33.1 Å². The van der Waals surface area contributed by atoms with Crippen molar-refractivity contribution >= 4 is 51.3 Å². The van der Waals surface area contributed by atoms with Crippen molar-refractivity contribution in [2.75, 3.05) is 26.7 Å². The Morgan fingerprint density at radius 2 is 1.93 bits per heavy atom. The van der Waals surface area contributed by atoms with Gasteiger partial charge in [-0.3, -0.25) is 4.99 Å². The summed E-state index contributed by atoms with van der Waals surface area (Å²) in [6, 6.07) is 11.4. The molecule has 9 heteroatoms. The van der Waals surface area contributed by atoms with Gasteiger partial charge in [-0.2, -0.15) is 4.31 Å². The van der Waals surface area contributed by atoms with Gasteiger partial charge in [-0.1, -0.05) is 24.6 Å². The van der Waals surface area contributed by atoms with Crippen LogP contribution in [0.5, 0.6) is 0 Å². The Bertz CT molecular complexity index is 880. The van der Waals surface area contributed by atoms with E-state index in [9.17, 15) is 8.42 Å². The summed E-state index contributed by atoms with van der Waals surface area (Å²) in [6.45, 7) is 2.54. The number of halogens is 1. The number of aliphatic imine (C=N–C) groups is 1. The molecule has 0 atom stereocenters. The molecule has 1 fully saturated rings. The zero-order chi connectivity index (χ0) is 19.8. The van der Waals surface area contributed by atoms with Crippen LogP contribution >= 0.6 is 35.3 Å². The Morgan fingerprint density at radius 3 is 2.62 bits per heavy atom. The average molecular weight is 549 g/mol. The molecular weight excluding hydrogens is 519 g/mol. The highest BCUT2D eigenvalue weighted by Gasteiger charge is 2.25. The third-order valence-corrected chi connectivity index (χ3v) is 7.61. The monoisotopic (exact) mass is 548 g/mol. The molecule has 1 aliphatic rings. The van der Waals surface area contributed by atoms with Crippen molar-refractivity contribution in [3.8, 4) is 0 Å². The summed E-state index contributed by atoms with van der Waals surface area (Å²) in [7, 11) is -1.67. The minimum Gasteiger partial charge on any atom is -0.356 e. The minimum absolute atomic E-state index is 0. The molecule has 0 amide bonds. The molecule has 0 saturated carbocycles. The molecule has 0 aliphatic carbocycles. The molecule has 6 nitrogen and oxygen atoms in total. The maximum atomic E-state index is 12.9. The minimum atomic E-state index is -3.41. The maximum absolute atomic E-state index is 12.9. The molecule has 1 saturated heterocycles. The van der Waals surface area contributed by atoms with E-state index in [1.807, 2.05) is 6.07 Å². The second-order valence-electron chi connectivity index (χ2n) is 6.79. The zero-order valence-electron chi connectivity index (χ0n) is 16.6. The molecule has 0 radical (unpaired) electrons. The van der Waals surface area contributed by atoms with Gasteiger partial charge in [0.1, 0.15) is 0 Å². The van der Waals surface area contributed by atoms with Crippen LogP contribution in [0, 0.1) is 0 Å². The Morgan fingerprint density at radius 1 is 1.14 bits per heavy atom. The van der Waals surface area contributed by atoms with Crippen molar-refractivity contribution in [1.82, 2.24) is 14.9 Å². The van der Waals surface area contributed by atoms with Gasteiger partial charge in [0.15, 0.2) is 5.96 Å². The van der Waals surface area contributed by atoms with Crippen LogP contribution in [-0.4, -0.2) is 45.4 Å². The van der Waals surface area contributed by atoms with Crippen LogP contribution in [0.1, 0.15) is 29.7 Å². The molecular formula is C20H29IN4O2S2. The third-order valence-electron chi connectivity index (χ3n) is 4.78. The number of nitrogens with one attached hydrogen (secondary N) is 2. The van der Waals surface area contributed by atoms with E-state index in [0.717, 1.165) is 37.8 Å². The van der Waals surface area contributed by atoms with Gasteiger partial charge in [-0.15, -0.1) is 35.3 Å². The largest absolute Gasteiger partial charge is 0.356 e. The van der Waals surface area contributed by atoms with E-state index < -0.39 is 10.0 Å². The molecule has 160 valence electrons. The van der Waals surface area contributed by atoms with Crippen LogP contribution in [0.2, 0.25) is 0 Å². The number of hydrogen-bond acceptors (Lipinski definition) is 4. The van der Waals surface area contributed by atoms with E-state index in [0.29, 0.717) is 30.5 Å². The number of thiophene rings is 1. The predicted molar refractivity (Wildman–Crippen MR) is 131 cm³/mol. The smallest absolute Gasteiger partial charge is 0.243 e. The van der Waals surface area contributed by atoms with Crippen molar-refractivity contribution in [1.29, 1.82) is 0 Å². The Hall–Kier alpha value is -1.17. The molecule has 3 rings (SSSR count). The first-order chi connectivity index (χ1) is 13.6. The Kier molecular flexibility index (Phi) is 9.87. The molecule has 2 heterocycles. The number of benzene rings is 1. The number of hydrogen-bond donors (Lipinski definition) is 2. The van der Waals surface area contributed by atoms with Crippen molar-refractivity contribution in [3.05, 3.63) is 52.2 Å². The summed E-state index contributed by atoms with van der Waals surface area (Å²) in [5.41, 5.74) is 0.916. The summed E-state index contributed by atoms with van der Waals surface area (Å²) >= 11 is 1.75. The van der Waals surface area contributed by atoms with Crippen LogP contribution in [0.4, 0.5) is 0 Å². The van der Waals surface area contributed by atoms with E-state index >= 15 is 0 Å². The molecule has 29 heavy (non-hydrogen) atoms. The lowest BCUT2D eigenvalue weighted by Gasteiger charge is -2.26. The standard InChI is InChI=1S/C20H28N4O2S2.HI/c1-21-20(22-11-10-18-8-6-14-27-18)23-16-17-7-5-9-19(15-17)28(25,26)24-12-3-2-4-13-24;/h5-9,14-15H,2-4,10-13,16H2,1H3,(H2,21,22,23);1H. The first-order valence-corrected chi connectivity index (χ1v) is 12.0. The van der Waals surface area contributed by atoms with Crippen LogP contribution in [-0.2, 0) is 23.0 Å². The van der Waals surface area contributed by atoms with Gasteiger partial charge in [-0.25, -0.2) is 8.42 Å². The SMILES string of the molecule is CN=C(NCCc1cccs1)NCc1cccc(S(=O)(=O)N2CCCCC2)c1.I. The second-order valence-corrected chi connectivity index (χ2v) is 9.76.